The molecule has 0 bridgehead atoms. The summed E-state index contributed by atoms with van der Waals surface area (Å²) in [6.45, 7) is 7.01. The van der Waals surface area contributed by atoms with E-state index in [2.05, 4.69) is 37.8 Å². The Balaban J connectivity index is 1.94. The predicted octanol–water partition coefficient (Wildman–Crippen LogP) is 4.41. The molecule has 0 N–H and O–H groups in total. The molecule has 1 aromatic carbocycles. The molecule has 2 rings (SSSR count). The van der Waals surface area contributed by atoms with Crippen LogP contribution in [0, 0.1) is 5.92 Å². The summed E-state index contributed by atoms with van der Waals surface area (Å²) in [5.74, 6) is 0.730. The molecule has 0 radical (unpaired) electrons. The smallest absolute Gasteiger partial charge is 0.0424 e. The number of rotatable bonds is 6. The van der Waals surface area contributed by atoms with Crippen molar-refractivity contribution in [3.8, 4) is 0 Å². The fraction of sp³-hybridized carbons (Fsp3) is 0.471. The molecule has 96 valence electrons. The molecule has 0 spiro atoms. The highest BCUT2D eigenvalue weighted by Gasteiger charge is 2.18. The van der Waals surface area contributed by atoms with Crippen molar-refractivity contribution in [2.45, 2.75) is 39.0 Å². The molecule has 1 nitrogen and oxygen atoms in total. The molecule has 18 heavy (non-hydrogen) atoms. The summed E-state index contributed by atoms with van der Waals surface area (Å²) in [6.07, 6.45) is 7.88. The fourth-order valence-corrected chi connectivity index (χ4v) is 2.55. The standard InChI is InChI=1S/C17H23N/c1-3-5-7-15-12-17(18-13-15)16-10-8-14(6-4-2)9-11-16/h3,8-11,15H,1,4-7,12-13H2,2H3. The van der Waals surface area contributed by atoms with Gasteiger partial charge >= 0.3 is 0 Å². The van der Waals surface area contributed by atoms with Crippen molar-refractivity contribution in [3.05, 3.63) is 48.0 Å². The van der Waals surface area contributed by atoms with E-state index in [-0.39, 0.29) is 0 Å². The Hall–Kier alpha value is -1.37. The summed E-state index contributed by atoms with van der Waals surface area (Å²) in [6, 6.07) is 8.97. The zero-order valence-corrected chi connectivity index (χ0v) is 11.4. The van der Waals surface area contributed by atoms with E-state index in [1.54, 1.807) is 0 Å². The molecule has 1 atom stereocenters. The van der Waals surface area contributed by atoms with Crippen molar-refractivity contribution >= 4 is 5.71 Å². The topological polar surface area (TPSA) is 12.4 Å². The normalized spacial score (nSPS) is 18.7. The number of allylic oxidation sites excluding steroid dienone is 1. The van der Waals surface area contributed by atoms with Crippen molar-refractivity contribution in [1.82, 2.24) is 0 Å². The van der Waals surface area contributed by atoms with Gasteiger partial charge in [-0.05, 0) is 42.7 Å². The first-order valence-corrected chi connectivity index (χ1v) is 7.07. The third kappa shape index (κ3) is 3.32. The molecule has 1 heteroatoms. The van der Waals surface area contributed by atoms with Crippen LogP contribution in [0.1, 0.15) is 43.7 Å². The van der Waals surface area contributed by atoms with E-state index in [1.807, 2.05) is 6.08 Å². The number of aliphatic imine (C=N–C) groups is 1. The average molecular weight is 241 g/mol. The molecule has 0 aliphatic carbocycles. The first-order chi connectivity index (χ1) is 8.83. The highest BCUT2D eigenvalue weighted by Crippen LogP contribution is 2.23. The van der Waals surface area contributed by atoms with Crippen LogP contribution < -0.4 is 0 Å². The number of aryl methyl sites for hydroxylation is 1. The van der Waals surface area contributed by atoms with Gasteiger partial charge in [0.25, 0.3) is 0 Å². The largest absolute Gasteiger partial charge is 0.289 e. The van der Waals surface area contributed by atoms with E-state index in [0.29, 0.717) is 0 Å². The molecule has 0 aromatic heterocycles. The van der Waals surface area contributed by atoms with Crippen LogP contribution in [0.3, 0.4) is 0 Å². The van der Waals surface area contributed by atoms with Gasteiger partial charge in [-0.2, -0.15) is 0 Å². The second kappa shape index (κ2) is 6.53. The van der Waals surface area contributed by atoms with Gasteiger partial charge in [0.1, 0.15) is 0 Å². The number of hydrogen-bond donors (Lipinski definition) is 0. The van der Waals surface area contributed by atoms with Gasteiger partial charge in [-0.1, -0.05) is 43.7 Å². The molecule has 0 saturated carbocycles. The lowest BCUT2D eigenvalue weighted by Crippen LogP contribution is -2.03. The Bertz CT molecular complexity index is 414. The molecular formula is C17H23N. The maximum absolute atomic E-state index is 4.70. The number of benzene rings is 1. The molecule has 1 aliphatic heterocycles. The summed E-state index contributed by atoms with van der Waals surface area (Å²) >= 11 is 0. The lowest BCUT2D eigenvalue weighted by molar-refractivity contribution is 0.548. The van der Waals surface area contributed by atoms with Crippen molar-refractivity contribution in [2.24, 2.45) is 10.9 Å². The summed E-state index contributed by atoms with van der Waals surface area (Å²) in [5, 5.41) is 0. The molecule has 1 aromatic rings. The van der Waals surface area contributed by atoms with Crippen LogP contribution in [0.25, 0.3) is 0 Å². The van der Waals surface area contributed by atoms with Crippen molar-refractivity contribution < 1.29 is 0 Å². The average Bonchev–Trinajstić information content (AvgIpc) is 2.86. The number of nitrogens with zero attached hydrogens (tertiary/aromatic N) is 1. The monoisotopic (exact) mass is 241 g/mol. The maximum Gasteiger partial charge on any atom is 0.0424 e. The summed E-state index contributed by atoms with van der Waals surface area (Å²) < 4.78 is 0. The molecule has 0 saturated heterocycles. The zero-order valence-electron chi connectivity index (χ0n) is 11.4. The Morgan fingerprint density at radius 2 is 2.11 bits per heavy atom. The van der Waals surface area contributed by atoms with Gasteiger partial charge in [-0.25, -0.2) is 0 Å². The molecule has 1 aliphatic rings. The fourth-order valence-electron chi connectivity index (χ4n) is 2.55. The van der Waals surface area contributed by atoms with Gasteiger partial charge in [0, 0.05) is 12.3 Å². The van der Waals surface area contributed by atoms with E-state index in [1.165, 1.54) is 36.1 Å². The van der Waals surface area contributed by atoms with Crippen LogP contribution in [0.4, 0.5) is 0 Å². The highest BCUT2D eigenvalue weighted by molar-refractivity contribution is 6.01. The van der Waals surface area contributed by atoms with Crippen molar-refractivity contribution in [3.63, 3.8) is 0 Å². The van der Waals surface area contributed by atoms with Crippen LogP contribution >= 0.6 is 0 Å². The highest BCUT2D eigenvalue weighted by atomic mass is 14.8. The first kappa shape index (κ1) is 13.1. The minimum atomic E-state index is 0.730. The molecule has 1 heterocycles. The second-order valence-corrected chi connectivity index (χ2v) is 5.17. The molecule has 0 amide bonds. The Kier molecular flexibility index (Phi) is 4.74. The van der Waals surface area contributed by atoms with E-state index in [9.17, 15) is 0 Å². The van der Waals surface area contributed by atoms with Crippen molar-refractivity contribution in [2.75, 3.05) is 6.54 Å². The zero-order chi connectivity index (χ0) is 12.8. The van der Waals surface area contributed by atoms with Gasteiger partial charge in [-0.3, -0.25) is 4.99 Å². The minimum Gasteiger partial charge on any atom is -0.289 e. The Morgan fingerprint density at radius 1 is 1.33 bits per heavy atom. The third-order valence-electron chi connectivity index (χ3n) is 3.63. The first-order valence-electron chi connectivity index (χ1n) is 7.07. The van der Waals surface area contributed by atoms with Gasteiger partial charge in [0.2, 0.25) is 0 Å². The number of hydrogen-bond acceptors (Lipinski definition) is 1. The summed E-state index contributed by atoms with van der Waals surface area (Å²) in [5.41, 5.74) is 4.05. The van der Waals surface area contributed by atoms with E-state index >= 15 is 0 Å². The predicted molar refractivity (Wildman–Crippen MR) is 79.4 cm³/mol. The maximum atomic E-state index is 4.70. The van der Waals surface area contributed by atoms with Gasteiger partial charge < -0.3 is 0 Å². The van der Waals surface area contributed by atoms with Crippen LogP contribution in [0.15, 0.2) is 41.9 Å². The SMILES string of the molecule is C=CCCC1CN=C(c2ccc(CCC)cc2)C1. The Labute approximate surface area is 111 Å². The molecule has 1 unspecified atom stereocenters. The third-order valence-corrected chi connectivity index (χ3v) is 3.63. The van der Waals surface area contributed by atoms with Crippen molar-refractivity contribution in [1.29, 1.82) is 0 Å². The second-order valence-electron chi connectivity index (χ2n) is 5.17. The lowest BCUT2D eigenvalue weighted by Gasteiger charge is -2.07. The lowest BCUT2D eigenvalue weighted by atomic mass is 9.96. The van der Waals surface area contributed by atoms with Gasteiger partial charge in [0.05, 0.1) is 0 Å². The van der Waals surface area contributed by atoms with Gasteiger partial charge in [-0.15, -0.1) is 6.58 Å². The van der Waals surface area contributed by atoms with E-state index in [0.717, 1.165) is 25.3 Å². The summed E-state index contributed by atoms with van der Waals surface area (Å²) in [7, 11) is 0. The quantitative estimate of drug-likeness (QED) is 0.654. The van der Waals surface area contributed by atoms with E-state index in [4.69, 9.17) is 4.99 Å². The molecular weight excluding hydrogens is 218 g/mol. The van der Waals surface area contributed by atoms with Crippen LogP contribution in [-0.2, 0) is 6.42 Å². The van der Waals surface area contributed by atoms with Crippen LogP contribution in [0.5, 0.6) is 0 Å². The summed E-state index contributed by atoms with van der Waals surface area (Å²) in [4.78, 5) is 4.70. The Morgan fingerprint density at radius 3 is 2.78 bits per heavy atom. The van der Waals surface area contributed by atoms with Crippen LogP contribution in [0.2, 0.25) is 0 Å². The van der Waals surface area contributed by atoms with Crippen LogP contribution in [-0.4, -0.2) is 12.3 Å². The minimum absolute atomic E-state index is 0.730. The van der Waals surface area contributed by atoms with Gasteiger partial charge in [0.15, 0.2) is 0 Å². The molecule has 0 fully saturated rings. The van der Waals surface area contributed by atoms with E-state index < -0.39 is 0 Å².